The number of urea groups is 1. The van der Waals surface area contributed by atoms with Crippen LogP contribution in [-0.4, -0.2) is 34.4 Å². The predicted molar refractivity (Wildman–Crippen MR) is 106 cm³/mol. The Morgan fingerprint density at radius 1 is 1.14 bits per heavy atom. The SMILES string of the molecule is Cc1cccc(NC(=O)CN2C(=O)N/C(=C\c3cc(C)c(O)c(C)c3)C2=O)c1. The number of hydrogen-bond donors (Lipinski definition) is 3. The van der Waals surface area contributed by atoms with Gasteiger partial charge in [-0.15, -0.1) is 0 Å². The smallest absolute Gasteiger partial charge is 0.329 e. The molecule has 0 saturated carbocycles. The molecule has 4 amide bonds. The Morgan fingerprint density at radius 2 is 1.82 bits per heavy atom. The first kappa shape index (κ1) is 19.2. The van der Waals surface area contributed by atoms with Crippen molar-refractivity contribution in [2.45, 2.75) is 20.8 Å². The normalized spacial score (nSPS) is 15.1. The van der Waals surface area contributed by atoms with Crippen molar-refractivity contribution in [2.24, 2.45) is 0 Å². The molecule has 3 rings (SSSR count). The molecule has 1 aliphatic rings. The number of aryl methyl sites for hydroxylation is 3. The molecule has 144 valence electrons. The number of nitrogens with one attached hydrogen (secondary N) is 2. The number of carbonyl (C=O) groups is 3. The van der Waals surface area contributed by atoms with Crippen molar-refractivity contribution in [3.8, 4) is 5.75 Å². The second-order valence-corrected chi connectivity index (χ2v) is 6.80. The lowest BCUT2D eigenvalue weighted by Crippen LogP contribution is -2.38. The molecule has 0 bridgehead atoms. The quantitative estimate of drug-likeness (QED) is 0.562. The highest BCUT2D eigenvalue weighted by atomic mass is 16.3. The summed E-state index contributed by atoms with van der Waals surface area (Å²) in [5, 5.41) is 15.0. The van der Waals surface area contributed by atoms with Gasteiger partial charge in [0.05, 0.1) is 0 Å². The van der Waals surface area contributed by atoms with E-state index in [0.29, 0.717) is 22.4 Å². The summed E-state index contributed by atoms with van der Waals surface area (Å²) < 4.78 is 0. The van der Waals surface area contributed by atoms with E-state index >= 15 is 0 Å². The molecule has 1 heterocycles. The monoisotopic (exact) mass is 379 g/mol. The molecule has 0 atom stereocenters. The zero-order chi connectivity index (χ0) is 20.4. The van der Waals surface area contributed by atoms with Gasteiger partial charge >= 0.3 is 6.03 Å². The van der Waals surface area contributed by atoms with Crippen molar-refractivity contribution in [3.63, 3.8) is 0 Å². The molecule has 1 fully saturated rings. The average molecular weight is 379 g/mol. The van der Waals surface area contributed by atoms with Crippen molar-refractivity contribution in [3.05, 3.63) is 64.3 Å². The number of aromatic hydroxyl groups is 1. The van der Waals surface area contributed by atoms with Gasteiger partial charge in [-0.1, -0.05) is 12.1 Å². The summed E-state index contributed by atoms with van der Waals surface area (Å²) in [6.07, 6.45) is 1.53. The maximum absolute atomic E-state index is 12.5. The highest BCUT2D eigenvalue weighted by Crippen LogP contribution is 2.24. The minimum atomic E-state index is -0.650. The van der Waals surface area contributed by atoms with E-state index in [2.05, 4.69) is 10.6 Å². The number of anilines is 1. The highest BCUT2D eigenvalue weighted by Gasteiger charge is 2.34. The second-order valence-electron chi connectivity index (χ2n) is 6.80. The first-order valence-electron chi connectivity index (χ1n) is 8.76. The zero-order valence-electron chi connectivity index (χ0n) is 15.9. The fourth-order valence-corrected chi connectivity index (χ4v) is 3.02. The van der Waals surface area contributed by atoms with Crippen molar-refractivity contribution in [1.82, 2.24) is 10.2 Å². The number of phenols is 1. The van der Waals surface area contributed by atoms with E-state index in [4.69, 9.17) is 0 Å². The third kappa shape index (κ3) is 4.03. The van der Waals surface area contributed by atoms with E-state index in [1.807, 2.05) is 13.0 Å². The van der Waals surface area contributed by atoms with E-state index in [9.17, 15) is 19.5 Å². The first-order chi connectivity index (χ1) is 13.2. The lowest BCUT2D eigenvalue weighted by molar-refractivity contribution is -0.127. The van der Waals surface area contributed by atoms with Crippen LogP contribution >= 0.6 is 0 Å². The summed E-state index contributed by atoms with van der Waals surface area (Å²) in [6, 6.07) is 10.0. The van der Waals surface area contributed by atoms with E-state index in [1.54, 1.807) is 44.2 Å². The second kappa shape index (κ2) is 7.56. The van der Waals surface area contributed by atoms with Crippen LogP contribution in [0, 0.1) is 20.8 Å². The van der Waals surface area contributed by atoms with Gasteiger partial charge in [0, 0.05) is 5.69 Å². The van der Waals surface area contributed by atoms with Gasteiger partial charge in [0.25, 0.3) is 5.91 Å². The first-order valence-corrected chi connectivity index (χ1v) is 8.76. The summed E-state index contributed by atoms with van der Waals surface area (Å²) in [7, 11) is 0. The fourth-order valence-electron chi connectivity index (χ4n) is 3.02. The molecule has 0 aliphatic carbocycles. The third-order valence-electron chi connectivity index (χ3n) is 4.39. The lowest BCUT2D eigenvalue weighted by atomic mass is 10.0. The summed E-state index contributed by atoms with van der Waals surface area (Å²) in [5.74, 6) is -0.849. The molecular formula is C21H21N3O4. The van der Waals surface area contributed by atoms with Crippen LogP contribution in [0.3, 0.4) is 0 Å². The Kier molecular flexibility index (Phi) is 5.17. The molecule has 2 aromatic rings. The van der Waals surface area contributed by atoms with E-state index in [-0.39, 0.29) is 18.0 Å². The van der Waals surface area contributed by atoms with Crippen LogP contribution in [0.5, 0.6) is 5.75 Å². The molecule has 3 N–H and O–H groups in total. The zero-order valence-corrected chi connectivity index (χ0v) is 15.9. The molecule has 1 saturated heterocycles. The average Bonchev–Trinajstić information content (AvgIpc) is 2.87. The molecular weight excluding hydrogens is 358 g/mol. The van der Waals surface area contributed by atoms with Crippen molar-refractivity contribution >= 4 is 29.6 Å². The predicted octanol–water partition coefficient (Wildman–Crippen LogP) is 2.85. The number of rotatable bonds is 4. The fraction of sp³-hybridized carbons (Fsp3) is 0.190. The highest BCUT2D eigenvalue weighted by molar-refractivity contribution is 6.15. The van der Waals surface area contributed by atoms with Gasteiger partial charge in [0.1, 0.15) is 18.0 Å². The van der Waals surface area contributed by atoms with Gasteiger partial charge in [0.2, 0.25) is 5.91 Å². The number of amides is 4. The van der Waals surface area contributed by atoms with Crippen molar-refractivity contribution < 1.29 is 19.5 Å². The number of phenolic OH excluding ortho intramolecular Hbond substituents is 1. The van der Waals surface area contributed by atoms with Crippen molar-refractivity contribution in [1.29, 1.82) is 0 Å². The van der Waals surface area contributed by atoms with Crippen LogP contribution in [-0.2, 0) is 9.59 Å². The summed E-state index contributed by atoms with van der Waals surface area (Å²) in [5.41, 5.74) is 3.66. The third-order valence-corrected chi connectivity index (χ3v) is 4.39. The van der Waals surface area contributed by atoms with Crippen LogP contribution in [0.4, 0.5) is 10.5 Å². The molecule has 7 heteroatoms. The Balaban J connectivity index is 1.73. The summed E-state index contributed by atoms with van der Waals surface area (Å²) >= 11 is 0. The Hall–Kier alpha value is -3.61. The van der Waals surface area contributed by atoms with E-state index < -0.39 is 17.8 Å². The maximum atomic E-state index is 12.5. The molecule has 1 aliphatic heterocycles. The Labute approximate surface area is 162 Å². The van der Waals surface area contributed by atoms with Gasteiger partial charge in [0.15, 0.2) is 0 Å². The maximum Gasteiger partial charge on any atom is 0.329 e. The molecule has 0 unspecified atom stereocenters. The number of hydrogen-bond acceptors (Lipinski definition) is 4. The number of benzene rings is 2. The summed E-state index contributed by atoms with van der Waals surface area (Å²) in [4.78, 5) is 37.8. The van der Waals surface area contributed by atoms with Crippen LogP contribution in [0.1, 0.15) is 22.3 Å². The van der Waals surface area contributed by atoms with Crippen molar-refractivity contribution in [2.75, 3.05) is 11.9 Å². The van der Waals surface area contributed by atoms with Crippen LogP contribution in [0.25, 0.3) is 6.08 Å². The van der Waals surface area contributed by atoms with Gasteiger partial charge < -0.3 is 15.7 Å². The number of imide groups is 1. The van der Waals surface area contributed by atoms with Gasteiger partial charge in [-0.2, -0.15) is 0 Å². The molecule has 7 nitrogen and oxygen atoms in total. The molecule has 0 aromatic heterocycles. The molecule has 28 heavy (non-hydrogen) atoms. The largest absolute Gasteiger partial charge is 0.507 e. The minimum absolute atomic E-state index is 0.0813. The number of nitrogens with zero attached hydrogens (tertiary/aromatic N) is 1. The summed E-state index contributed by atoms with van der Waals surface area (Å²) in [6.45, 7) is 5.02. The van der Waals surface area contributed by atoms with Crippen LogP contribution in [0.15, 0.2) is 42.1 Å². The van der Waals surface area contributed by atoms with Gasteiger partial charge in [-0.25, -0.2) is 9.69 Å². The Morgan fingerprint density at radius 3 is 2.46 bits per heavy atom. The number of carbonyl (C=O) groups excluding carboxylic acids is 3. The standard InChI is InChI=1S/C21H21N3O4/c1-12-5-4-6-16(7-12)22-18(25)11-24-20(27)17(23-21(24)28)10-15-8-13(2)19(26)14(3)9-15/h4-10,26H,11H2,1-3H3,(H,22,25)(H,23,28)/b17-10-. The lowest BCUT2D eigenvalue weighted by Gasteiger charge is -2.12. The van der Waals surface area contributed by atoms with Gasteiger partial charge in [-0.05, 0) is 73.4 Å². The van der Waals surface area contributed by atoms with E-state index in [1.165, 1.54) is 6.08 Å². The minimum Gasteiger partial charge on any atom is -0.507 e. The molecule has 0 radical (unpaired) electrons. The Bertz CT molecular complexity index is 987. The van der Waals surface area contributed by atoms with Gasteiger partial charge in [-0.3, -0.25) is 9.59 Å². The van der Waals surface area contributed by atoms with Crippen LogP contribution in [0.2, 0.25) is 0 Å². The molecule has 0 spiro atoms. The topological polar surface area (TPSA) is 98.7 Å². The molecule has 2 aromatic carbocycles. The van der Waals surface area contributed by atoms with E-state index in [0.717, 1.165) is 10.5 Å². The van der Waals surface area contributed by atoms with Crippen LogP contribution < -0.4 is 10.6 Å².